The Morgan fingerprint density at radius 3 is 2.45 bits per heavy atom. The van der Waals surface area contributed by atoms with Crippen molar-refractivity contribution in [2.45, 2.75) is 111 Å². The van der Waals surface area contributed by atoms with E-state index in [4.69, 9.17) is 0 Å². The summed E-state index contributed by atoms with van der Waals surface area (Å²) >= 11 is 2.67. The Morgan fingerprint density at radius 2 is 1.72 bits per heavy atom. The maximum absolute atomic E-state index is 10.3. The molecule has 0 spiro atoms. The second-order valence-corrected chi connectivity index (χ2v) is 13.6. The number of fused-ring (bicyclic) bond motifs is 5. The topological polar surface area (TPSA) is 20.2 Å². The van der Waals surface area contributed by atoms with Gasteiger partial charge in [0.05, 0.1) is 6.10 Å². The Balaban J connectivity index is 1.53. The van der Waals surface area contributed by atoms with Gasteiger partial charge in [0.15, 0.2) is 0 Å². The first-order valence-electron chi connectivity index (χ1n) is 12.7. The summed E-state index contributed by atoms with van der Waals surface area (Å²) in [6.07, 6.45) is 14.5. The molecule has 3 fully saturated rings. The highest BCUT2D eigenvalue weighted by atomic mass is 131. The molecule has 8 atom stereocenters. The fraction of sp³-hybridized carbons (Fsp3) is 0.926. The zero-order valence-electron chi connectivity index (χ0n) is 19.6. The van der Waals surface area contributed by atoms with E-state index in [-0.39, 0.29) is 6.10 Å². The molecule has 0 unspecified atom stereocenters. The van der Waals surface area contributed by atoms with E-state index in [1.165, 1.54) is 57.8 Å². The van der Waals surface area contributed by atoms with Gasteiger partial charge in [0.1, 0.15) is 0 Å². The van der Waals surface area contributed by atoms with Gasteiger partial charge in [0.25, 0.3) is 0 Å². The molecule has 0 aromatic carbocycles. The van der Waals surface area contributed by atoms with Gasteiger partial charge < -0.3 is 5.11 Å². The van der Waals surface area contributed by atoms with Gasteiger partial charge in [-0.15, -0.1) is 0 Å². The lowest BCUT2D eigenvalue weighted by Gasteiger charge is -2.59. The van der Waals surface area contributed by atoms with Crippen LogP contribution in [-0.4, -0.2) is 11.2 Å². The van der Waals surface area contributed by atoms with Gasteiger partial charge in [-0.2, -0.15) is 0 Å². The normalized spacial score (nSPS) is 45.7. The van der Waals surface area contributed by atoms with Crippen LogP contribution in [0.3, 0.4) is 0 Å². The zero-order chi connectivity index (χ0) is 21.0. The summed E-state index contributed by atoms with van der Waals surface area (Å²) in [6.45, 7) is 12.6. The van der Waals surface area contributed by atoms with E-state index in [0.29, 0.717) is 10.8 Å². The molecule has 0 aliphatic heterocycles. The first-order valence-corrected chi connectivity index (χ1v) is 13.8. The van der Waals surface area contributed by atoms with Crippen molar-refractivity contribution in [2.75, 3.05) is 0 Å². The monoisotopic (exact) mass is 516 g/mol. The molecule has 166 valence electrons. The van der Waals surface area contributed by atoms with Crippen LogP contribution in [0, 0.1) is 46.3 Å². The Bertz CT molecular complexity index is 638. The highest BCUT2D eigenvalue weighted by Gasteiger charge is 2.59. The standard InChI is InChI=1S/C27H45IO/c1-17(2)7-6-8-18(3)21-9-10-22-20-16-25(28)24-15-19(29)11-13-27(24,5)23(20)12-14-26(21,22)4/h17-23,29H,6-16H2,1-5H3/t18-,19+,20+,21-,22+,23+,26-,27-/m1/s1/i28+4. The quantitative estimate of drug-likeness (QED) is 0.366. The second kappa shape index (κ2) is 8.41. The summed E-state index contributed by atoms with van der Waals surface area (Å²) in [4.78, 5) is 0. The predicted octanol–water partition coefficient (Wildman–Crippen LogP) is 8.15. The van der Waals surface area contributed by atoms with Gasteiger partial charge in [0, 0.05) is 0 Å². The minimum Gasteiger partial charge on any atom is -0.393 e. The Hall–Kier alpha value is 0.430. The van der Waals surface area contributed by atoms with Crippen molar-refractivity contribution in [3.05, 3.63) is 9.15 Å². The molecular weight excluding hydrogens is 471 g/mol. The van der Waals surface area contributed by atoms with Crippen LogP contribution in [0.4, 0.5) is 0 Å². The number of aliphatic hydroxyl groups is 1. The minimum atomic E-state index is -0.0872. The molecule has 0 aromatic rings. The molecular formula is C27H45IO. The molecule has 0 amide bonds. The van der Waals surface area contributed by atoms with Crippen molar-refractivity contribution in [3.63, 3.8) is 0 Å². The molecule has 0 radical (unpaired) electrons. The molecule has 1 N–H and O–H groups in total. The number of allylic oxidation sites excluding steroid dienone is 1. The van der Waals surface area contributed by atoms with Gasteiger partial charge in [-0.05, 0) is 124 Å². The fourth-order valence-electron chi connectivity index (χ4n) is 8.74. The molecule has 4 aliphatic carbocycles. The van der Waals surface area contributed by atoms with Crippen LogP contribution < -0.4 is 0 Å². The number of hydrogen-bond donors (Lipinski definition) is 1. The molecule has 29 heavy (non-hydrogen) atoms. The van der Waals surface area contributed by atoms with E-state index in [1.54, 1.807) is 9.15 Å². The number of hydrogen-bond acceptors (Lipinski definition) is 1. The van der Waals surface area contributed by atoms with Crippen molar-refractivity contribution < 1.29 is 5.11 Å². The smallest absolute Gasteiger partial charge is 0.0578 e. The SMILES string of the molecule is CC(C)CCC[C@@H](C)[C@H]1CC[C@H]2[C@@H]3CC([131I])=C4C[C@@H](O)CC[C@]4(C)[C@H]3CC[C@]12C. The summed E-state index contributed by atoms with van der Waals surface area (Å²) in [5.41, 5.74) is 2.61. The van der Waals surface area contributed by atoms with Gasteiger partial charge in [-0.3, -0.25) is 0 Å². The third kappa shape index (κ3) is 3.89. The highest BCUT2D eigenvalue weighted by Crippen LogP contribution is 2.68. The largest absolute Gasteiger partial charge is 0.393 e. The van der Waals surface area contributed by atoms with E-state index in [0.717, 1.165) is 48.3 Å². The van der Waals surface area contributed by atoms with Crippen molar-refractivity contribution >= 4 is 22.6 Å². The third-order valence-corrected chi connectivity index (χ3v) is 11.4. The molecule has 2 heteroatoms. The third-order valence-electron chi connectivity index (χ3n) is 10.3. The first-order chi connectivity index (χ1) is 13.7. The van der Waals surface area contributed by atoms with Crippen molar-refractivity contribution in [2.24, 2.45) is 46.3 Å². The van der Waals surface area contributed by atoms with Crippen LogP contribution in [0.5, 0.6) is 0 Å². The van der Waals surface area contributed by atoms with Crippen molar-refractivity contribution in [1.29, 1.82) is 0 Å². The molecule has 0 heterocycles. The number of halogens is 1. The second-order valence-electron chi connectivity index (χ2n) is 12.3. The van der Waals surface area contributed by atoms with E-state index in [9.17, 15) is 5.11 Å². The lowest BCUT2D eigenvalue weighted by Crippen LogP contribution is -2.51. The first kappa shape index (κ1) is 22.6. The zero-order valence-corrected chi connectivity index (χ0v) is 21.8. The molecule has 4 aliphatic rings. The summed E-state index contributed by atoms with van der Waals surface area (Å²) in [6, 6.07) is 0. The van der Waals surface area contributed by atoms with Gasteiger partial charge in [-0.1, -0.05) is 59.5 Å². The molecule has 0 saturated heterocycles. The highest BCUT2D eigenvalue weighted by molar-refractivity contribution is 14.1. The van der Waals surface area contributed by atoms with E-state index in [2.05, 4.69) is 57.2 Å². The van der Waals surface area contributed by atoms with Gasteiger partial charge in [-0.25, -0.2) is 0 Å². The van der Waals surface area contributed by atoms with Crippen LogP contribution in [-0.2, 0) is 0 Å². The number of rotatable bonds is 5. The average molecular weight is 517 g/mol. The predicted molar refractivity (Wildman–Crippen MR) is 132 cm³/mol. The molecule has 3 saturated carbocycles. The van der Waals surface area contributed by atoms with Crippen molar-refractivity contribution in [1.82, 2.24) is 0 Å². The van der Waals surface area contributed by atoms with Crippen LogP contribution >= 0.6 is 22.6 Å². The van der Waals surface area contributed by atoms with Crippen LogP contribution in [0.25, 0.3) is 0 Å². The molecule has 0 bridgehead atoms. The van der Waals surface area contributed by atoms with E-state index >= 15 is 0 Å². The van der Waals surface area contributed by atoms with E-state index < -0.39 is 0 Å². The Kier molecular flexibility index (Phi) is 6.56. The lowest BCUT2D eigenvalue weighted by atomic mass is 9.47. The minimum absolute atomic E-state index is 0.0872. The Labute approximate surface area is 194 Å². The molecule has 4 rings (SSSR count). The van der Waals surface area contributed by atoms with Crippen LogP contribution in [0.2, 0.25) is 0 Å². The van der Waals surface area contributed by atoms with Gasteiger partial charge in [0.2, 0.25) is 0 Å². The summed E-state index contributed by atoms with van der Waals surface area (Å²) < 4.78 is 1.63. The fourth-order valence-corrected chi connectivity index (χ4v) is 10.1. The molecule has 0 aromatic heterocycles. The van der Waals surface area contributed by atoms with Crippen molar-refractivity contribution in [3.8, 4) is 0 Å². The molecule has 1 nitrogen and oxygen atoms in total. The summed E-state index contributed by atoms with van der Waals surface area (Å²) in [7, 11) is 0. The maximum atomic E-state index is 10.3. The van der Waals surface area contributed by atoms with E-state index in [1.807, 2.05) is 0 Å². The van der Waals surface area contributed by atoms with Gasteiger partial charge >= 0.3 is 0 Å². The maximum Gasteiger partial charge on any atom is 0.0578 e. The lowest BCUT2D eigenvalue weighted by molar-refractivity contribution is -0.0576. The Morgan fingerprint density at radius 1 is 0.966 bits per heavy atom. The van der Waals surface area contributed by atoms with Crippen LogP contribution in [0.1, 0.15) is 105 Å². The number of aliphatic hydroxyl groups excluding tert-OH is 1. The summed E-state index contributed by atoms with van der Waals surface area (Å²) in [5, 5.41) is 10.3. The summed E-state index contributed by atoms with van der Waals surface area (Å²) in [5.74, 6) is 5.41. The average Bonchev–Trinajstić information content (AvgIpc) is 3.00. The van der Waals surface area contributed by atoms with Crippen LogP contribution in [0.15, 0.2) is 9.15 Å².